The Morgan fingerprint density at radius 2 is 2.03 bits per heavy atom. The predicted molar refractivity (Wildman–Crippen MR) is 121 cm³/mol. The lowest BCUT2D eigenvalue weighted by Gasteiger charge is -2.15. The number of nitrogens with zero attached hydrogens (tertiary/aromatic N) is 1. The molecule has 2 aliphatic rings. The van der Waals surface area contributed by atoms with E-state index in [0.29, 0.717) is 24.0 Å². The second-order valence-corrected chi connectivity index (χ2v) is 9.31. The van der Waals surface area contributed by atoms with E-state index in [1.165, 1.54) is 12.8 Å². The lowest BCUT2D eigenvalue weighted by atomic mass is 9.90. The molecule has 1 amide bonds. The van der Waals surface area contributed by atoms with Crippen LogP contribution in [0.3, 0.4) is 0 Å². The van der Waals surface area contributed by atoms with Crippen LogP contribution in [-0.4, -0.2) is 19.2 Å². The van der Waals surface area contributed by atoms with Gasteiger partial charge in [-0.15, -0.1) is 0 Å². The van der Waals surface area contributed by atoms with Gasteiger partial charge in [0.15, 0.2) is 11.5 Å². The fourth-order valence-electron chi connectivity index (χ4n) is 4.72. The summed E-state index contributed by atoms with van der Waals surface area (Å²) in [6.45, 7) is 2.69. The number of hydrazone groups is 1. The van der Waals surface area contributed by atoms with Gasteiger partial charge in [0.05, 0.1) is 13.3 Å². The summed E-state index contributed by atoms with van der Waals surface area (Å²) in [5.74, 6) is 1.98. The minimum atomic E-state index is 0.0436. The summed E-state index contributed by atoms with van der Waals surface area (Å²) in [7, 11) is 1.61. The summed E-state index contributed by atoms with van der Waals surface area (Å²) in [5.41, 5.74) is 4.83. The molecule has 3 atom stereocenters. The smallest absolute Gasteiger partial charge is 0.244 e. The van der Waals surface area contributed by atoms with Gasteiger partial charge < -0.3 is 9.47 Å². The number of hydrogen-bond acceptors (Lipinski definition) is 4. The summed E-state index contributed by atoms with van der Waals surface area (Å²) in [5, 5.41) is 4.17. The van der Waals surface area contributed by atoms with Gasteiger partial charge in [-0.05, 0) is 65.6 Å². The van der Waals surface area contributed by atoms with E-state index in [9.17, 15) is 4.79 Å². The molecule has 0 heterocycles. The number of benzene rings is 2. The molecule has 6 heteroatoms. The average Bonchev–Trinajstić information content (AvgIpc) is 3.39. The van der Waals surface area contributed by atoms with Gasteiger partial charge in [-0.25, -0.2) is 5.43 Å². The van der Waals surface area contributed by atoms with Gasteiger partial charge in [-0.1, -0.05) is 47.8 Å². The van der Waals surface area contributed by atoms with E-state index in [0.717, 1.165) is 28.4 Å². The average molecular weight is 471 g/mol. The Bertz CT molecular complexity index is 944. The van der Waals surface area contributed by atoms with Crippen molar-refractivity contribution in [2.24, 2.45) is 22.4 Å². The lowest BCUT2D eigenvalue weighted by molar-refractivity contribution is -0.123. The molecule has 2 saturated carbocycles. The third kappa shape index (κ3) is 4.38. The number of methoxy groups -OCH3 is 1. The number of fused-ring (bicyclic) bond motifs is 1. The Balaban J connectivity index is 1.34. The first-order valence-electron chi connectivity index (χ1n) is 10.4. The van der Waals surface area contributed by atoms with E-state index < -0.39 is 0 Å². The highest BCUT2D eigenvalue weighted by atomic mass is 79.9. The van der Waals surface area contributed by atoms with Crippen LogP contribution >= 0.6 is 15.9 Å². The Kier molecular flexibility index (Phi) is 6.14. The second kappa shape index (κ2) is 8.80. The number of carbonyl (C=O) groups excluding carboxylic acids is 1. The molecule has 5 nitrogen and oxygen atoms in total. The topological polar surface area (TPSA) is 59.9 Å². The predicted octanol–water partition coefficient (Wildman–Crippen LogP) is 5.31. The third-order valence-corrected chi connectivity index (χ3v) is 7.03. The van der Waals surface area contributed by atoms with E-state index >= 15 is 0 Å². The van der Waals surface area contributed by atoms with E-state index in [4.69, 9.17) is 9.47 Å². The summed E-state index contributed by atoms with van der Waals surface area (Å²) < 4.78 is 12.4. The van der Waals surface area contributed by atoms with Crippen LogP contribution in [0.4, 0.5) is 0 Å². The molecule has 2 fully saturated rings. The zero-order valence-electron chi connectivity index (χ0n) is 17.4. The largest absolute Gasteiger partial charge is 0.493 e. The molecule has 0 radical (unpaired) electrons. The molecular weight excluding hydrogens is 444 g/mol. The first-order valence-corrected chi connectivity index (χ1v) is 11.2. The number of amides is 1. The molecular formula is C24H27BrN2O3. The van der Waals surface area contributed by atoms with Crippen molar-refractivity contribution in [2.45, 2.75) is 39.2 Å². The second-order valence-electron chi connectivity index (χ2n) is 8.40. The fraction of sp³-hybridized carbons (Fsp3) is 0.417. The van der Waals surface area contributed by atoms with E-state index in [1.807, 2.05) is 42.5 Å². The fourth-order valence-corrected chi connectivity index (χ4v) is 4.98. The molecule has 2 aromatic carbocycles. The number of rotatable bonds is 7. The van der Waals surface area contributed by atoms with Gasteiger partial charge >= 0.3 is 0 Å². The van der Waals surface area contributed by atoms with Crippen LogP contribution in [0.15, 0.2) is 52.0 Å². The highest BCUT2D eigenvalue weighted by molar-refractivity contribution is 9.10. The molecule has 0 unspecified atom stereocenters. The minimum Gasteiger partial charge on any atom is -0.493 e. The first kappa shape index (κ1) is 20.9. The van der Waals surface area contributed by atoms with Crippen molar-refractivity contribution >= 4 is 28.1 Å². The number of ether oxygens (including phenoxy) is 2. The highest BCUT2D eigenvalue weighted by Gasteiger charge is 2.64. The zero-order chi connectivity index (χ0) is 21.1. The first-order chi connectivity index (χ1) is 14.5. The van der Waals surface area contributed by atoms with Gasteiger partial charge in [-0.2, -0.15) is 5.10 Å². The number of hydrogen-bond donors (Lipinski definition) is 1. The number of nitrogens with one attached hydrogen (secondary N) is 1. The van der Waals surface area contributed by atoms with Gasteiger partial charge in [0.2, 0.25) is 5.91 Å². The maximum Gasteiger partial charge on any atom is 0.244 e. The molecule has 0 spiro atoms. The number of carbonyl (C=O) groups is 1. The standard InChI is InChI=1S/C24H27BrN2O3/c1-24-12-4-3-5-19(24)22(24)23(28)27-26-14-17-8-11-20(21(13-17)29-2)30-15-16-6-9-18(25)10-7-16/h6-11,13-14,19,22H,3-5,12,15H2,1-2H3,(H,27,28)/b26-14-/t19-,22-,24-/m0/s1. The molecule has 0 bridgehead atoms. The Morgan fingerprint density at radius 1 is 1.23 bits per heavy atom. The Labute approximate surface area is 186 Å². The van der Waals surface area contributed by atoms with E-state index in [2.05, 4.69) is 33.4 Å². The van der Waals surface area contributed by atoms with Crippen molar-refractivity contribution in [3.63, 3.8) is 0 Å². The maximum atomic E-state index is 12.5. The Morgan fingerprint density at radius 3 is 2.73 bits per heavy atom. The number of halogens is 1. The molecule has 2 aromatic rings. The quantitative estimate of drug-likeness (QED) is 0.440. The van der Waals surface area contributed by atoms with Crippen molar-refractivity contribution in [1.29, 1.82) is 0 Å². The van der Waals surface area contributed by atoms with Crippen molar-refractivity contribution in [3.05, 3.63) is 58.1 Å². The normalized spacial score (nSPS) is 24.9. The maximum absolute atomic E-state index is 12.5. The molecule has 158 valence electrons. The van der Waals surface area contributed by atoms with Gasteiger partial charge in [0.25, 0.3) is 0 Å². The van der Waals surface area contributed by atoms with Gasteiger partial charge in [-0.3, -0.25) is 4.79 Å². The van der Waals surface area contributed by atoms with Crippen LogP contribution in [0.25, 0.3) is 0 Å². The Hall–Kier alpha value is -2.34. The SMILES string of the molecule is COc1cc(/C=N\NC(=O)[C@@H]2[C@@H]3CCCC[C@]23C)ccc1OCc1ccc(Br)cc1. The zero-order valence-corrected chi connectivity index (χ0v) is 18.9. The van der Waals surface area contributed by atoms with Gasteiger partial charge in [0.1, 0.15) is 6.61 Å². The van der Waals surface area contributed by atoms with Crippen LogP contribution in [0.5, 0.6) is 11.5 Å². The molecule has 0 saturated heterocycles. The molecule has 30 heavy (non-hydrogen) atoms. The molecule has 4 rings (SSSR count). The van der Waals surface area contributed by atoms with Crippen LogP contribution in [-0.2, 0) is 11.4 Å². The van der Waals surface area contributed by atoms with E-state index in [1.54, 1.807) is 13.3 Å². The summed E-state index contributed by atoms with van der Waals surface area (Å²) in [6, 6.07) is 13.6. The highest BCUT2D eigenvalue weighted by Crippen LogP contribution is 2.66. The van der Waals surface area contributed by atoms with Crippen LogP contribution in [0.1, 0.15) is 43.7 Å². The third-order valence-electron chi connectivity index (χ3n) is 6.50. The van der Waals surface area contributed by atoms with Gasteiger partial charge in [0, 0.05) is 10.4 Å². The monoisotopic (exact) mass is 470 g/mol. The minimum absolute atomic E-state index is 0.0436. The lowest BCUT2D eigenvalue weighted by Crippen LogP contribution is -2.22. The van der Waals surface area contributed by atoms with Crippen molar-refractivity contribution in [2.75, 3.05) is 7.11 Å². The summed E-state index contributed by atoms with van der Waals surface area (Å²) >= 11 is 3.43. The van der Waals surface area contributed by atoms with E-state index in [-0.39, 0.29) is 17.2 Å². The van der Waals surface area contributed by atoms with Crippen LogP contribution < -0.4 is 14.9 Å². The van der Waals surface area contributed by atoms with Crippen molar-refractivity contribution < 1.29 is 14.3 Å². The molecule has 2 aliphatic carbocycles. The molecule has 1 N–H and O–H groups in total. The summed E-state index contributed by atoms with van der Waals surface area (Å²) in [6.07, 6.45) is 6.43. The van der Waals surface area contributed by atoms with Crippen LogP contribution in [0.2, 0.25) is 0 Å². The van der Waals surface area contributed by atoms with Crippen molar-refractivity contribution in [1.82, 2.24) is 5.43 Å². The van der Waals surface area contributed by atoms with Crippen LogP contribution in [0, 0.1) is 17.3 Å². The molecule has 0 aliphatic heterocycles. The van der Waals surface area contributed by atoms with Crippen molar-refractivity contribution in [3.8, 4) is 11.5 Å². The molecule has 0 aromatic heterocycles. The summed E-state index contributed by atoms with van der Waals surface area (Å²) in [4.78, 5) is 12.5.